The van der Waals surface area contributed by atoms with Gasteiger partial charge in [-0.25, -0.2) is 19.9 Å². The predicted octanol–water partition coefficient (Wildman–Crippen LogP) is 16.1. The molecule has 24 rings (SSSR count). The Morgan fingerprint density at radius 3 is 1.40 bits per heavy atom. The second-order valence-electron chi connectivity index (χ2n) is 34.9. The first-order valence-corrected chi connectivity index (χ1v) is 51.6. The van der Waals surface area contributed by atoms with Crippen LogP contribution in [0.3, 0.4) is 0 Å². The number of aromatic amines is 1. The number of fused-ring (bicyclic) bond motifs is 8. The number of rotatable bonds is 16. The van der Waals surface area contributed by atoms with Gasteiger partial charge in [0, 0.05) is 134 Å². The first-order valence-electron chi connectivity index (χ1n) is 46.8. The van der Waals surface area contributed by atoms with Crippen molar-refractivity contribution in [2.45, 2.75) is 154 Å². The molecule has 5 N–H and O–H groups in total. The van der Waals surface area contributed by atoms with E-state index in [4.69, 9.17) is 41.9 Å². The second-order valence-corrected chi connectivity index (χ2v) is 41.5. The number of hydrogen-bond donors (Lipinski definition) is 4. The van der Waals surface area contributed by atoms with Crippen molar-refractivity contribution < 1.29 is 56.2 Å². The molecule has 12 heterocycles. The van der Waals surface area contributed by atoms with Gasteiger partial charge >= 0.3 is 48.4 Å². The monoisotopic (exact) mass is 1970 g/mol. The Hall–Kier alpha value is -10.2. The van der Waals surface area contributed by atoms with Gasteiger partial charge < -0.3 is 65.6 Å². The highest BCUT2D eigenvalue weighted by Crippen LogP contribution is 2.40. The van der Waals surface area contributed by atoms with Gasteiger partial charge in [0.05, 0.1) is 25.3 Å². The van der Waals surface area contributed by atoms with Gasteiger partial charge in [-0.15, -0.1) is 0 Å². The summed E-state index contributed by atoms with van der Waals surface area (Å²) in [4.78, 5) is 31.5. The van der Waals surface area contributed by atoms with Crippen LogP contribution in [0, 0.1) is 6.92 Å². The van der Waals surface area contributed by atoms with Crippen molar-refractivity contribution in [3.63, 3.8) is 0 Å². The average molecular weight is 1970 g/mol. The molecule has 1 fully saturated rings. The summed E-state index contributed by atoms with van der Waals surface area (Å²) in [5, 5.41) is 43.7. The van der Waals surface area contributed by atoms with Gasteiger partial charge in [-0.1, -0.05) is 270 Å². The Bertz CT molecular complexity index is 6600. The molecule has 0 atom stereocenters. The number of aromatic nitrogens is 5. The quantitative estimate of drug-likeness (QED) is 0.0670. The minimum absolute atomic E-state index is 0. The topological polar surface area (TPSA) is 182 Å². The standard InChI is InChI=1S/C22H17BClNOS.C16H19BN4O.C15H15BO2.C15H15BOS.C14H12BClOS.2C13H12BNOS.ClH/c24-16-7-9-21-19(12-16)22(27-18-4-2-1-3-5-18)14-25(21)17-8-6-15-10-11-23(26)20(15)13-17;22-17-5-4-13-2-3-14(12-15(13)17)20-8-10-21(11-9-20)16-18-6-1-7-19-16;1-16-15-13(11-18-16)8-5-9-14(15)17-10-12-6-3-2-4-7-12;1-11-3-6-13(7-4-11)18-14-8-5-12-10-17-16(2)15(12)9-14;1-15-14-8-13(5-2-10(14)9-17-15)18-12-6-3-11(16)4-7-12;16-14-6-3-10-1-2-12(9-13(10)14)17-11-4-7-15-8-5-11;16-14-7-6-10-4-5-11(9-12(10)14)17-13-3-1-2-8-15-13;/h1-9,12-14,26H,10-11H2;1-3,6-7,12,22H,4-5,8-11H2;2-9H,10-11H2,1H3;3-9H,10H2,1-2H3;2-8H,9H2,1H3;1-2,4-5,7-9,16H,3,6H2;1-5,8-9,16H,6-7H2;1H. The maximum absolute atomic E-state index is 10.3. The Morgan fingerprint density at radius 2 is 0.833 bits per heavy atom. The van der Waals surface area contributed by atoms with Crippen molar-refractivity contribution in [1.29, 1.82) is 0 Å². The zero-order valence-electron chi connectivity index (χ0n) is 77.3. The first kappa shape index (κ1) is 99.3. The van der Waals surface area contributed by atoms with Crippen LogP contribution in [0.2, 0.25) is 55.8 Å². The molecular formula is C108H103B7Cl3N7O8S5. The van der Waals surface area contributed by atoms with Crippen molar-refractivity contribution in [2.24, 2.45) is 0 Å². The third-order valence-electron chi connectivity index (χ3n) is 25.6. The van der Waals surface area contributed by atoms with Crippen molar-refractivity contribution in [2.75, 3.05) is 36.0 Å². The summed E-state index contributed by atoms with van der Waals surface area (Å²) < 4.78 is 25.0. The number of pyridine rings is 2. The van der Waals surface area contributed by atoms with Crippen LogP contribution in [0.15, 0.2) is 377 Å². The van der Waals surface area contributed by atoms with Crippen LogP contribution in [-0.2, 0) is 66.1 Å². The molecule has 12 aromatic carbocycles. The molecule has 0 unspecified atom stereocenters. The molecule has 16 aromatic rings. The molecule has 30 heteroatoms. The lowest BCUT2D eigenvalue weighted by molar-refractivity contribution is -0.378. The number of hydrogen-bond acceptors (Lipinski definition) is 18. The summed E-state index contributed by atoms with van der Waals surface area (Å²) >= 11 is 20.8. The molecule has 0 amide bonds. The number of piperazine rings is 1. The molecule has 0 bridgehead atoms. The maximum atomic E-state index is 10.3. The van der Waals surface area contributed by atoms with Crippen molar-refractivity contribution in [3.05, 3.63) is 388 Å². The Labute approximate surface area is 849 Å². The third-order valence-corrected chi connectivity index (χ3v) is 31.1. The molecule has 0 saturated carbocycles. The highest BCUT2D eigenvalue weighted by molar-refractivity contribution is 8.00. The van der Waals surface area contributed by atoms with Crippen molar-refractivity contribution >= 4 is 191 Å². The zero-order chi connectivity index (χ0) is 94.1. The molecule has 0 radical (unpaired) electrons. The fourth-order valence-electron chi connectivity index (χ4n) is 18.2. The van der Waals surface area contributed by atoms with Gasteiger partial charge in [-0.3, -0.25) is 0 Å². The number of H-pyrrole nitrogens is 1. The van der Waals surface area contributed by atoms with Gasteiger partial charge in [0.2, 0.25) is 5.95 Å². The average Bonchev–Trinajstić information content (AvgIpc) is 1.61. The maximum Gasteiger partial charge on any atom is 0.327 e. The summed E-state index contributed by atoms with van der Waals surface area (Å²) in [7, 11) is 0. The van der Waals surface area contributed by atoms with E-state index in [2.05, 4.69) is 250 Å². The molecule has 15 nitrogen and oxygen atoms in total. The lowest BCUT2D eigenvalue weighted by Gasteiger charge is -2.36. The predicted molar refractivity (Wildman–Crippen MR) is 574 cm³/mol. The number of nitrogens with one attached hydrogen (secondary N) is 1. The van der Waals surface area contributed by atoms with Crippen LogP contribution in [0.1, 0.15) is 50.1 Å². The first-order chi connectivity index (χ1) is 66.9. The smallest absolute Gasteiger partial charge is 0.327 e. The fraction of sp³-hybridized carbons (Fsp3) is 0.185. The number of benzene rings is 12. The largest absolute Gasteiger partial charge is 1.00 e. The van der Waals surface area contributed by atoms with E-state index in [9.17, 15) is 20.1 Å². The zero-order valence-corrected chi connectivity index (χ0v) is 83.7. The van der Waals surface area contributed by atoms with E-state index >= 15 is 0 Å². The van der Waals surface area contributed by atoms with Crippen LogP contribution in [-0.4, -0.2) is 114 Å². The lowest BCUT2D eigenvalue weighted by Crippen LogP contribution is -3.00. The minimum atomic E-state index is -0.352. The molecule has 8 aliphatic heterocycles. The lowest BCUT2D eigenvalue weighted by atomic mass is 9.63. The summed E-state index contributed by atoms with van der Waals surface area (Å²) in [6, 6.07) is 100. The van der Waals surface area contributed by atoms with E-state index in [1.807, 2.05) is 133 Å². The number of ether oxygens (including phenoxy) is 1. The second kappa shape index (κ2) is 47.8. The van der Waals surface area contributed by atoms with E-state index in [0.717, 1.165) is 160 Å². The molecular weight excluding hydrogens is 1870 g/mol. The van der Waals surface area contributed by atoms with Gasteiger partial charge in [0.25, 0.3) is 0 Å². The van der Waals surface area contributed by atoms with Gasteiger partial charge in [0.1, 0.15) is 17.4 Å². The molecule has 0 spiro atoms. The summed E-state index contributed by atoms with van der Waals surface area (Å²) in [5.41, 5.74) is 23.1. The van der Waals surface area contributed by atoms with Gasteiger partial charge in [0.15, 0.2) is 12.4 Å². The van der Waals surface area contributed by atoms with E-state index in [1.54, 1.807) is 65.6 Å². The third kappa shape index (κ3) is 25.6. The van der Waals surface area contributed by atoms with Crippen LogP contribution in [0.25, 0.3) is 16.6 Å². The number of halogens is 3. The summed E-state index contributed by atoms with van der Waals surface area (Å²) in [6.07, 6.45) is 18.7. The van der Waals surface area contributed by atoms with Crippen LogP contribution < -0.4 is 70.2 Å². The molecule has 1 saturated heterocycles. The molecule has 138 heavy (non-hydrogen) atoms. The number of anilines is 2. The number of nitrogens with zero attached hydrogens (tertiary/aromatic N) is 6. The summed E-state index contributed by atoms with van der Waals surface area (Å²) in [6.45, 7) is 14.3. The fourth-order valence-corrected chi connectivity index (χ4v) is 22.9. The van der Waals surface area contributed by atoms with Gasteiger partial charge in [-0.2, -0.15) is 0 Å². The van der Waals surface area contributed by atoms with E-state index < -0.39 is 0 Å². The SMILES string of the molecule is CB1OCc2ccc(Sc3ccc(C)cc3)cc21.CB1OCc2ccc(Sc3ccc(Cl)cc3)cc21.CB1OCc2cccc(OCc3ccccc3)c21.OB1CCc2ccc(-n3cc(Sc4ccccc4)c4cc(Cl)ccc43)cc21.OB1CCc2ccc(N3CCN(c4ncccn4)CC3)cc21.OB1CCc2ccc(Sc3cc[nH+]cc3)cc21.OB1CCc2ccc(Sc3ccccn3)cc21.[Cl-]. The molecule has 8 aliphatic rings. The van der Waals surface area contributed by atoms with Crippen LogP contribution in [0.4, 0.5) is 11.6 Å². The van der Waals surface area contributed by atoms with Gasteiger partial charge in [-0.05, 0) is 258 Å². The normalized spacial score (nSPS) is 14.2. The molecule has 690 valence electrons. The van der Waals surface area contributed by atoms with E-state index in [0.29, 0.717) is 13.2 Å². The van der Waals surface area contributed by atoms with E-state index in [-0.39, 0.29) is 60.8 Å². The van der Waals surface area contributed by atoms with E-state index in [1.165, 1.54) is 111 Å². The minimum Gasteiger partial charge on any atom is -1.00 e. The Balaban J connectivity index is 0.000000112. The molecule has 0 aliphatic carbocycles. The van der Waals surface area contributed by atoms with Crippen LogP contribution in [0.5, 0.6) is 5.75 Å². The van der Waals surface area contributed by atoms with Crippen LogP contribution >= 0.6 is 82.0 Å². The Morgan fingerprint density at radius 1 is 0.384 bits per heavy atom. The highest BCUT2D eigenvalue weighted by atomic mass is 35.5. The van der Waals surface area contributed by atoms with Crippen molar-refractivity contribution in [1.82, 2.24) is 19.5 Å². The van der Waals surface area contributed by atoms with Crippen molar-refractivity contribution in [3.8, 4) is 11.4 Å². The summed E-state index contributed by atoms with van der Waals surface area (Å²) in [5.74, 6) is 1.76. The molecule has 4 aromatic heterocycles. The number of aryl methyl sites for hydroxylation is 5. The highest BCUT2D eigenvalue weighted by Gasteiger charge is 2.33. The Kier molecular flexibility index (Phi) is 34.4.